The summed E-state index contributed by atoms with van der Waals surface area (Å²) in [6, 6.07) is 0. The number of nitrogens with zero attached hydrogens (tertiary/aromatic N) is 2. The molecule has 2 heteroatoms. The summed E-state index contributed by atoms with van der Waals surface area (Å²) in [5.74, 6) is 0. The van der Waals surface area contributed by atoms with Crippen molar-refractivity contribution < 1.29 is 8.97 Å². The molecule has 0 amide bonds. The average molecular weight is 297 g/mol. The van der Waals surface area contributed by atoms with Gasteiger partial charge in [0.25, 0.3) is 0 Å². The standard InChI is InChI=1S/C19H40N2/c1-20(14-9-5-3-6-10-15-20)18-13-19-21(2)16-11-7-4-8-12-17-21/h3-19H2,1-2H3/q+2. The lowest BCUT2D eigenvalue weighted by Gasteiger charge is -2.39. The van der Waals surface area contributed by atoms with Crippen LogP contribution in [-0.4, -0.2) is 62.3 Å². The van der Waals surface area contributed by atoms with Gasteiger partial charge in [-0.3, -0.25) is 0 Å². The number of hydrogen-bond donors (Lipinski definition) is 0. The van der Waals surface area contributed by atoms with Crippen LogP contribution in [0.4, 0.5) is 0 Å². The van der Waals surface area contributed by atoms with E-state index in [2.05, 4.69) is 14.1 Å². The number of quaternary nitrogens is 2. The molecule has 2 saturated heterocycles. The fourth-order valence-corrected chi connectivity index (χ4v) is 4.54. The molecule has 2 aliphatic rings. The molecule has 0 aromatic heterocycles. The predicted octanol–water partition coefficient (Wildman–Crippen LogP) is 4.20. The SMILES string of the molecule is C[N+]1(CCC[N+]2(C)CCCCCCC2)CCCCCCC1. The molecule has 2 heterocycles. The van der Waals surface area contributed by atoms with Crippen LogP contribution >= 0.6 is 0 Å². The van der Waals surface area contributed by atoms with Gasteiger partial charge in [0.15, 0.2) is 0 Å². The fraction of sp³-hybridized carbons (Fsp3) is 1.00. The van der Waals surface area contributed by atoms with Gasteiger partial charge < -0.3 is 8.97 Å². The van der Waals surface area contributed by atoms with E-state index in [1.54, 1.807) is 0 Å². The van der Waals surface area contributed by atoms with Crippen LogP contribution in [0.5, 0.6) is 0 Å². The summed E-state index contributed by atoms with van der Waals surface area (Å²) in [7, 11) is 5.05. The molecule has 0 N–H and O–H groups in total. The first-order chi connectivity index (χ1) is 10.1. The van der Waals surface area contributed by atoms with Crippen LogP contribution in [0.2, 0.25) is 0 Å². The lowest BCUT2D eigenvalue weighted by atomic mass is 10.1. The van der Waals surface area contributed by atoms with Gasteiger partial charge in [0.2, 0.25) is 0 Å². The van der Waals surface area contributed by atoms with Crippen LogP contribution in [0, 0.1) is 0 Å². The van der Waals surface area contributed by atoms with E-state index in [0.29, 0.717) is 0 Å². The Morgan fingerprint density at radius 2 is 0.762 bits per heavy atom. The van der Waals surface area contributed by atoms with E-state index in [1.807, 2.05) is 0 Å². The normalized spacial score (nSPS) is 27.1. The molecule has 2 rings (SSSR count). The molecule has 0 aromatic carbocycles. The first kappa shape index (κ1) is 17.3. The van der Waals surface area contributed by atoms with E-state index in [9.17, 15) is 0 Å². The third-order valence-electron chi connectivity index (χ3n) is 6.19. The quantitative estimate of drug-likeness (QED) is 0.682. The van der Waals surface area contributed by atoms with Gasteiger partial charge in [-0.25, -0.2) is 0 Å². The second-order valence-electron chi connectivity index (χ2n) is 8.47. The molecule has 0 spiro atoms. The minimum absolute atomic E-state index is 1.36. The van der Waals surface area contributed by atoms with E-state index in [0.717, 1.165) is 0 Å². The zero-order valence-corrected chi connectivity index (χ0v) is 14.9. The third kappa shape index (κ3) is 6.28. The van der Waals surface area contributed by atoms with Crippen molar-refractivity contribution in [1.82, 2.24) is 0 Å². The van der Waals surface area contributed by atoms with Gasteiger partial charge in [0.05, 0.1) is 53.4 Å². The van der Waals surface area contributed by atoms with Crippen molar-refractivity contribution in [3.05, 3.63) is 0 Å². The Balaban J connectivity index is 1.75. The number of likely N-dealkylation sites (tertiary alicyclic amines) is 2. The maximum atomic E-state index is 2.53. The third-order valence-corrected chi connectivity index (χ3v) is 6.19. The molecule has 2 fully saturated rings. The highest BCUT2D eigenvalue weighted by atomic mass is 15.3. The van der Waals surface area contributed by atoms with Crippen molar-refractivity contribution in [2.75, 3.05) is 53.4 Å². The molecule has 0 unspecified atom stereocenters. The average Bonchev–Trinajstić information content (AvgIpc) is 2.40. The summed E-state index contributed by atoms with van der Waals surface area (Å²) in [5, 5.41) is 0. The van der Waals surface area contributed by atoms with Gasteiger partial charge in [-0.15, -0.1) is 0 Å². The highest BCUT2D eigenvalue weighted by Gasteiger charge is 2.26. The fourth-order valence-electron chi connectivity index (χ4n) is 4.54. The molecular weight excluding hydrogens is 256 g/mol. The van der Waals surface area contributed by atoms with Crippen LogP contribution in [0.3, 0.4) is 0 Å². The molecule has 0 bridgehead atoms. The van der Waals surface area contributed by atoms with Crippen LogP contribution in [-0.2, 0) is 0 Å². The van der Waals surface area contributed by atoms with E-state index in [4.69, 9.17) is 0 Å². The molecule has 0 atom stereocenters. The molecule has 0 saturated carbocycles. The minimum atomic E-state index is 1.36. The van der Waals surface area contributed by atoms with Crippen molar-refractivity contribution in [2.45, 2.75) is 70.6 Å². The maximum Gasteiger partial charge on any atom is 0.0838 e. The lowest BCUT2D eigenvalue weighted by Crippen LogP contribution is -2.51. The minimum Gasteiger partial charge on any atom is -0.326 e. The summed E-state index contributed by atoms with van der Waals surface area (Å²) in [4.78, 5) is 0. The van der Waals surface area contributed by atoms with E-state index >= 15 is 0 Å². The highest BCUT2D eigenvalue weighted by molar-refractivity contribution is 4.54. The summed E-state index contributed by atoms with van der Waals surface area (Å²) in [5.41, 5.74) is 0. The summed E-state index contributed by atoms with van der Waals surface area (Å²) >= 11 is 0. The predicted molar refractivity (Wildman–Crippen MR) is 92.4 cm³/mol. The molecule has 0 aromatic rings. The zero-order valence-electron chi connectivity index (χ0n) is 14.9. The number of hydrogen-bond acceptors (Lipinski definition) is 0. The highest BCUT2D eigenvalue weighted by Crippen LogP contribution is 2.19. The smallest absolute Gasteiger partial charge is 0.0838 e. The van der Waals surface area contributed by atoms with Gasteiger partial charge >= 0.3 is 0 Å². The van der Waals surface area contributed by atoms with Crippen LogP contribution in [0.15, 0.2) is 0 Å². The molecule has 0 radical (unpaired) electrons. The van der Waals surface area contributed by atoms with E-state index in [-0.39, 0.29) is 0 Å². The largest absolute Gasteiger partial charge is 0.326 e. The summed E-state index contributed by atoms with van der Waals surface area (Å²) in [6.45, 7) is 8.59. The molecular formula is C19H40N2+2. The Kier molecular flexibility index (Phi) is 7.01. The molecule has 124 valence electrons. The van der Waals surface area contributed by atoms with Gasteiger partial charge in [-0.05, 0) is 51.4 Å². The van der Waals surface area contributed by atoms with Crippen molar-refractivity contribution in [3.8, 4) is 0 Å². The Labute approximate surface area is 133 Å². The molecule has 2 nitrogen and oxygen atoms in total. The van der Waals surface area contributed by atoms with E-state index < -0.39 is 0 Å². The topological polar surface area (TPSA) is 0 Å². The van der Waals surface area contributed by atoms with Gasteiger partial charge in [-0.2, -0.15) is 0 Å². The lowest BCUT2D eigenvalue weighted by molar-refractivity contribution is -0.928. The summed E-state index contributed by atoms with van der Waals surface area (Å²) < 4.78 is 2.72. The second-order valence-corrected chi connectivity index (χ2v) is 8.47. The Bertz CT molecular complexity index is 243. The summed E-state index contributed by atoms with van der Waals surface area (Å²) in [6.07, 6.45) is 16.1. The molecule has 2 aliphatic heterocycles. The zero-order chi connectivity index (χ0) is 15.0. The van der Waals surface area contributed by atoms with E-state index in [1.165, 1.54) is 119 Å². The van der Waals surface area contributed by atoms with Crippen LogP contribution < -0.4 is 0 Å². The molecule has 21 heavy (non-hydrogen) atoms. The maximum absolute atomic E-state index is 2.53. The van der Waals surface area contributed by atoms with Gasteiger partial charge in [-0.1, -0.05) is 12.8 Å². The van der Waals surface area contributed by atoms with Crippen LogP contribution in [0.1, 0.15) is 70.6 Å². The van der Waals surface area contributed by atoms with Crippen molar-refractivity contribution in [2.24, 2.45) is 0 Å². The number of rotatable bonds is 4. The van der Waals surface area contributed by atoms with Gasteiger partial charge in [0, 0.05) is 6.42 Å². The monoisotopic (exact) mass is 296 g/mol. The Morgan fingerprint density at radius 3 is 1.10 bits per heavy atom. The first-order valence-corrected chi connectivity index (χ1v) is 9.79. The Morgan fingerprint density at radius 1 is 0.476 bits per heavy atom. The first-order valence-electron chi connectivity index (χ1n) is 9.79. The second kappa shape index (κ2) is 8.53. The van der Waals surface area contributed by atoms with Crippen molar-refractivity contribution >= 4 is 0 Å². The van der Waals surface area contributed by atoms with Crippen molar-refractivity contribution in [1.29, 1.82) is 0 Å². The van der Waals surface area contributed by atoms with Gasteiger partial charge in [0.1, 0.15) is 0 Å². The van der Waals surface area contributed by atoms with Crippen molar-refractivity contribution in [3.63, 3.8) is 0 Å². The Hall–Kier alpha value is -0.0800. The van der Waals surface area contributed by atoms with Crippen LogP contribution in [0.25, 0.3) is 0 Å². The molecule has 0 aliphatic carbocycles.